The Morgan fingerprint density at radius 1 is 0.941 bits per heavy atom. The molecule has 1 amide bonds. The molecule has 260 valence electrons. The first-order valence-electron chi connectivity index (χ1n) is 16.5. The molecule has 2 aromatic heterocycles. The first-order valence-corrected chi connectivity index (χ1v) is 16.8. The van der Waals surface area contributed by atoms with Crippen molar-refractivity contribution in [1.82, 2.24) is 14.5 Å². The molecule has 10 nitrogen and oxygen atoms in total. The Labute approximate surface area is 297 Å². The van der Waals surface area contributed by atoms with E-state index in [0.29, 0.717) is 56.4 Å². The maximum absolute atomic E-state index is 15.5. The van der Waals surface area contributed by atoms with E-state index >= 15 is 4.39 Å². The summed E-state index contributed by atoms with van der Waals surface area (Å²) in [4.78, 5) is 33.7. The minimum absolute atomic E-state index is 0.0744. The molecule has 1 fully saturated rings. The molecule has 1 N–H and O–H groups in total. The number of rotatable bonds is 11. The number of carbonyl (C=O) groups is 1. The maximum Gasteiger partial charge on any atom is 0.261 e. The fourth-order valence-corrected chi connectivity index (χ4v) is 6.28. The van der Waals surface area contributed by atoms with Crippen LogP contribution in [-0.4, -0.2) is 66.9 Å². The number of anilines is 1. The van der Waals surface area contributed by atoms with Crippen LogP contribution in [0.15, 0.2) is 102 Å². The number of hydrogen-bond acceptors (Lipinski definition) is 8. The predicted octanol–water partition coefficient (Wildman–Crippen LogP) is 7.49. The number of para-hydroxylation sites is 2. The molecule has 1 aliphatic heterocycles. The quantitative estimate of drug-likeness (QED) is 0.138. The highest BCUT2D eigenvalue weighted by molar-refractivity contribution is 6.32. The average molecular weight is 709 g/mol. The summed E-state index contributed by atoms with van der Waals surface area (Å²) in [5.41, 5.74) is 1.31. The van der Waals surface area contributed by atoms with Crippen molar-refractivity contribution in [3.8, 4) is 28.7 Å². The molecule has 6 aromatic rings. The van der Waals surface area contributed by atoms with E-state index < -0.39 is 17.2 Å². The van der Waals surface area contributed by atoms with Gasteiger partial charge in [0.05, 0.1) is 48.7 Å². The summed E-state index contributed by atoms with van der Waals surface area (Å²) in [6.45, 7) is 4.76. The van der Waals surface area contributed by atoms with Gasteiger partial charge in [0, 0.05) is 60.6 Å². The number of morpholine rings is 1. The van der Waals surface area contributed by atoms with Gasteiger partial charge in [-0.05, 0) is 55.0 Å². The second-order valence-corrected chi connectivity index (χ2v) is 12.3. The Hall–Kier alpha value is -5.49. The zero-order valence-corrected chi connectivity index (χ0v) is 28.5. The number of nitrogens with one attached hydrogen (secondary N) is 1. The first kappa shape index (κ1) is 34.0. The molecular weight excluding hydrogens is 675 g/mol. The second kappa shape index (κ2) is 15.2. The van der Waals surface area contributed by atoms with Crippen LogP contribution in [0.5, 0.6) is 23.0 Å². The van der Waals surface area contributed by atoms with E-state index in [9.17, 15) is 9.59 Å². The molecule has 51 heavy (non-hydrogen) atoms. The Balaban J connectivity index is 1.09. The SMILES string of the molecule is COc1cc2c(Oc3ccc(NC(=O)c4cn(-c5ccccc5Cl)c5ccccc5c4=O)cc3F)ccnc2cc1OCCCN1CCOCC1. The van der Waals surface area contributed by atoms with Gasteiger partial charge in [-0.15, -0.1) is 0 Å². The van der Waals surface area contributed by atoms with Crippen LogP contribution in [0.1, 0.15) is 16.8 Å². The van der Waals surface area contributed by atoms with E-state index in [4.69, 9.17) is 30.5 Å². The fraction of sp³-hybridized carbons (Fsp3) is 0.205. The standard InChI is InChI=1S/C39H34ClFN4O6/c1-48-36-22-27-31(23-37(36)50-18-6-15-44-16-19-49-20-17-44)42-14-13-34(27)51-35-12-11-25(21-30(35)41)43-39(47)28-24-45(33-10-5-3-8-29(33)40)32-9-4-2-7-26(32)38(28)46/h2-5,7-14,21-24H,6,15-20H2,1H3,(H,43,47). The molecule has 0 bridgehead atoms. The third kappa shape index (κ3) is 7.36. The zero-order chi connectivity index (χ0) is 35.3. The normalized spacial score (nSPS) is 13.3. The smallest absolute Gasteiger partial charge is 0.261 e. The van der Waals surface area contributed by atoms with Crippen molar-refractivity contribution in [3.05, 3.63) is 124 Å². The Bertz CT molecular complexity index is 2290. The molecule has 1 aliphatic rings. The van der Waals surface area contributed by atoms with Gasteiger partial charge in [-0.3, -0.25) is 19.5 Å². The average Bonchev–Trinajstić information content (AvgIpc) is 3.15. The zero-order valence-electron chi connectivity index (χ0n) is 27.7. The molecule has 0 radical (unpaired) electrons. The summed E-state index contributed by atoms with van der Waals surface area (Å²) < 4.78 is 40.3. The van der Waals surface area contributed by atoms with Crippen LogP contribution in [0.3, 0.4) is 0 Å². The highest BCUT2D eigenvalue weighted by atomic mass is 35.5. The number of methoxy groups -OCH3 is 1. The Morgan fingerprint density at radius 3 is 2.55 bits per heavy atom. The van der Waals surface area contributed by atoms with Crippen LogP contribution in [-0.2, 0) is 4.74 Å². The van der Waals surface area contributed by atoms with Crippen LogP contribution < -0.4 is 25.0 Å². The summed E-state index contributed by atoms with van der Waals surface area (Å²) in [7, 11) is 1.55. The van der Waals surface area contributed by atoms with E-state index in [1.165, 1.54) is 18.3 Å². The highest BCUT2D eigenvalue weighted by Gasteiger charge is 2.19. The number of halogens is 2. The van der Waals surface area contributed by atoms with Crippen LogP contribution in [0, 0.1) is 5.82 Å². The van der Waals surface area contributed by atoms with E-state index in [-0.39, 0.29) is 17.0 Å². The van der Waals surface area contributed by atoms with E-state index in [2.05, 4.69) is 15.2 Å². The van der Waals surface area contributed by atoms with Crippen LogP contribution >= 0.6 is 11.6 Å². The molecule has 0 spiro atoms. The van der Waals surface area contributed by atoms with Gasteiger partial charge in [0.1, 0.15) is 11.3 Å². The van der Waals surface area contributed by atoms with Gasteiger partial charge in [-0.25, -0.2) is 4.39 Å². The summed E-state index contributed by atoms with van der Waals surface area (Å²) in [6, 6.07) is 23.3. The minimum Gasteiger partial charge on any atom is -0.493 e. The van der Waals surface area contributed by atoms with Gasteiger partial charge in [0.25, 0.3) is 5.91 Å². The van der Waals surface area contributed by atoms with E-state index in [0.717, 1.165) is 45.3 Å². The summed E-state index contributed by atoms with van der Waals surface area (Å²) >= 11 is 6.48. The molecule has 0 unspecified atom stereocenters. The molecule has 12 heteroatoms. The van der Waals surface area contributed by atoms with Crippen molar-refractivity contribution in [1.29, 1.82) is 0 Å². The molecule has 0 atom stereocenters. The van der Waals surface area contributed by atoms with E-state index in [1.807, 2.05) is 6.07 Å². The number of hydrogen-bond donors (Lipinski definition) is 1. The van der Waals surface area contributed by atoms with Crippen LogP contribution in [0.4, 0.5) is 10.1 Å². The second-order valence-electron chi connectivity index (χ2n) is 11.9. The largest absolute Gasteiger partial charge is 0.493 e. The van der Waals surface area contributed by atoms with Gasteiger partial charge in [-0.2, -0.15) is 0 Å². The predicted molar refractivity (Wildman–Crippen MR) is 195 cm³/mol. The third-order valence-corrected chi connectivity index (χ3v) is 8.96. The third-order valence-electron chi connectivity index (χ3n) is 8.64. The van der Waals surface area contributed by atoms with Crippen LogP contribution in [0.2, 0.25) is 5.02 Å². The number of carbonyl (C=O) groups excluding carboxylic acids is 1. The lowest BCUT2D eigenvalue weighted by molar-refractivity contribution is 0.0357. The van der Waals surface area contributed by atoms with Crippen molar-refractivity contribution in [2.75, 3.05) is 51.9 Å². The lowest BCUT2D eigenvalue weighted by Gasteiger charge is -2.26. The van der Waals surface area contributed by atoms with Crippen molar-refractivity contribution < 1.29 is 28.1 Å². The minimum atomic E-state index is -0.725. The van der Waals surface area contributed by atoms with Crippen molar-refractivity contribution in [3.63, 3.8) is 0 Å². The summed E-state index contributed by atoms with van der Waals surface area (Å²) in [6.07, 6.45) is 3.86. The van der Waals surface area contributed by atoms with Gasteiger partial charge in [0.2, 0.25) is 5.43 Å². The fourth-order valence-electron chi connectivity index (χ4n) is 6.05. The van der Waals surface area contributed by atoms with Gasteiger partial charge < -0.3 is 28.8 Å². The van der Waals surface area contributed by atoms with Gasteiger partial charge in [0.15, 0.2) is 23.1 Å². The highest BCUT2D eigenvalue weighted by Crippen LogP contribution is 2.38. The summed E-state index contributed by atoms with van der Waals surface area (Å²) in [5.74, 6) is -0.109. The van der Waals surface area contributed by atoms with Crippen molar-refractivity contribution >= 4 is 45.0 Å². The summed E-state index contributed by atoms with van der Waals surface area (Å²) in [5, 5.41) is 4.03. The Kier molecular flexibility index (Phi) is 10.1. The molecule has 0 aliphatic carbocycles. The van der Waals surface area contributed by atoms with Crippen molar-refractivity contribution in [2.24, 2.45) is 0 Å². The number of pyridine rings is 2. The number of amides is 1. The lowest BCUT2D eigenvalue weighted by Crippen LogP contribution is -2.37. The molecule has 3 heterocycles. The Morgan fingerprint density at radius 2 is 1.75 bits per heavy atom. The maximum atomic E-state index is 15.5. The number of benzene rings is 4. The van der Waals surface area contributed by atoms with E-state index in [1.54, 1.807) is 78.5 Å². The van der Waals surface area contributed by atoms with Gasteiger partial charge >= 0.3 is 0 Å². The van der Waals surface area contributed by atoms with Crippen molar-refractivity contribution in [2.45, 2.75) is 6.42 Å². The van der Waals surface area contributed by atoms with Gasteiger partial charge in [-0.1, -0.05) is 35.9 Å². The first-order chi connectivity index (χ1) is 24.9. The number of nitrogens with zero attached hydrogens (tertiary/aromatic N) is 3. The van der Waals surface area contributed by atoms with Crippen LogP contribution in [0.25, 0.3) is 27.5 Å². The molecule has 7 rings (SSSR count). The monoisotopic (exact) mass is 708 g/mol. The number of ether oxygens (including phenoxy) is 4. The molecule has 4 aromatic carbocycles. The molecule has 0 saturated carbocycles. The number of fused-ring (bicyclic) bond motifs is 2. The lowest BCUT2D eigenvalue weighted by atomic mass is 10.1. The molecule has 1 saturated heterocycles. The molecular formula is C39H34ClFN4O6. The number of aromatic nitrogens is 2. The topological polar surface area (TPSA) is 104 Å².